The third kappa shape index (κ3) is 5.38. The van der Waals surface area contributed by atoms with E-state index in [1.807, 2.05) is 25.5 Å². The molecule has 0 radical (unpaired) electrons. The van der Waals surface area contributed by atoms with Crippen LogP contribution in [0.15, 0.2) is 27.9 Å². The fourth-order valence-corrected chi connectivity index (χ4v) is 4.28. The number of fused-ring (bicyclic) bond motifs is 1. The maximum Gasteiger partial charge on any atom is 0.421 e. The molecule has 2 aromatic heterocycles. The molecule has 0 saturated heterocycles. The third-order valence-corrected chi connectivity index (χ3v) is 6.14. The first-order valence-electron chi connectivity index (χ1n) is 11.0. The lowest BCUT2D eigenvalue weighted by Crippen LogP contribution is -2.32. The summed E-state index contributed by atoms with van der Waals surface area (Å²) in [6.07, 6.45) is 0.367. The van der Waals surface area contributed by atoms with Crippen molar-refractivity contribution in [3.8, 4) is 17.1 Å². The highest BCUT2D eigenvalue weighted by molar-refractivity contribution is 7.90. The molecule has 2 heterocycles. The molecule has 0 atom stereocenters. The van der Waals surface area contributed by atoms with Gasteiger partial charge in [-0.2, -0.15) is 5.10 Å². The Hall–Kier alpha value is -3.41. The average molecular weight is 492 g/mol. The highest BCUT2D eigenvalue weighted by Gasteiger charge is 2.23. The molecule has 0 spiro atoms. The van der Waals surface area contributed by atoms with Gasteiger partial charge < -0.3 is 14.5 Å². The van der Waals surface area contributed by atoms with E-state index in [1.165, 1.54) is 22.9 Å². The van der Waals surface area contributed by atoms with Gasteiger partial charge in [0.2, 0.25) is 0 Å². The molecule has 0 aliphatic rings. The smallest absolute Gasteiger partial charge is 0.421 e. The van der Waals surface area contributed by atoms with Crippen LogP contribution in [0.2, 0.25) is 0 Å². The molecule has 1 amide bonds. The predicted molar refractivity (Wildman–Crippen MR) is 126 cm³/mol. The number of carbonyl (C=O) groups is 1. The van der Waals surface area contributed by atoms with E-state index < -0.39 is 21.7 Å². The Morgan fingerprint density at radius 3 is 2.65 bits per heavy atom. The largest absolute Gasteiger partial charge is 0.493 e. The molecule has 3 aromatic rings. The van der Waals surface area contributed by atoms with Crippen LogP contribution in [0.25, 0.3) is 22.4 Å². The van der Waals surface area contributed by atoms with Crippen molar-refractivity contribution < 1.29 is 22.7 Å². The molecule has 2 N–H and O–H groups in total. The van der Waals surface area contributed by atoms with Gasteiger partial charge in [0.25, 0.3) is 15.6 Å². The second kappa shape index (κ2) is 10.2. The summed E-state index contributed by atoms with van der Waals surface area (Å²) in [5, 5.41) is 4.40. The van der Waals surface area contributed by atoms with Crippen LogP contribution < -0.4 is 15.0 Å². The number of carbonyl (C=O) groups excluding carboxylic acids is 1. The molecular weight excluding hydrogens is 462 g/mol. The molecular formula is C22H29N5O6S. The molecule has 1 aromatic carbocycles. The van der Waals surface area contributed by atoms with Gasteiger partial charge in [0.05, 0.1) is 29.4 Å². The van der Waals surface area contributed by atoms with E-state index in [0.717, 1.165) is 6.42 Å². The summed E-state index contributed by atoms with van der Waals surface area (Å²) in [6, 6.07) is 4.05. The number of nitrogens with one attached hydrogen (secondary N) is 2. The monoisotopic (exact) mass is 491 g/mol. The predicted octanol–water partition coefficient (Wildman–Crippen LogP) is 2.75. The molecule has 184 valence electrons. The highest BCUT2D eigenvalue weighted by Crippen LogP contribution is 2.31. The van der Waals surface area contributed by atoms with Gasteiger partial charge in [-0.05, 0) is 37.5 Å². The minimum atomic E-state index is -4.25. The van der Waals surface area contributed by atoms with Crippen molar-refractivity contribution >= 4 is 27.1 Å². The first-order chi connectivity index (χ1) is 16.1. The lowest BCUT2D eigenvalue weighted by molar-refractivity contribution is 0.139. The number of aromatic nitrogens is 4. The van der Waals surface area contributed by atoms with Crippen LogP contribution in [0.4, 0.5) is 4.79 Å². The van der Waals surface area contributed by atoms with Crippen molar-refractivity contribution in [2.45, 2.75) is 45.4 Å². The van der Waals surface area contributed by atoms with Crippen LogP contribution >= 0.6 is 0 Å². The summed E-state index contributed by atoms with van der Waals surface area (Å²) < 4.78 is 39.5. The standard InChI is InChI=1S/C22H29N5O6S/c1-6-8-16-18-19(27(5)25-16)21(28)24-20(23-18)15-11-14(9-10-17(15)32-7-2)34(30,31)26-22(29)33-12-13(3)4/h9-11,13H,6-8,12H2,1-5H3,(H,26,29)(H,23,24,28). The van der Waals surface area contributed by atoms with E-state index in [2.05, 4.69) is 15.1 Å². The Morgan fingerprint density at radius 2 is 2.00 bits per heavy atom. The zero-order valence-electron chi connectivity index (χ0n) is 19.8. The van der Waals surface area contributed by atoms with E-state index in [4.69, 9.17) is 9.47 Å². The van der Waals surface area contributed by atoms with E-state index in [1.54, 1.807) is 14.0 Å². The van der Waals surface area contributed by atoms with Crippen LogP contribution in [-0.4, -0.2) is 47.5 Å². The van der Waals surface area contributed by atoms with Crippen LogP contribution in [0, 0.1) is 5.92 Å². The number of benzene rings is 1. The molecule has 0 aliphatic heterocycles. The Morgan fingerprint density at radius 1 is 1.26 bits per heavy atom. The van der Waals surface area contributed by atoms with Gasteiger partial charge in [-0.25, -0.2) is 22.9 Å². The lowest BCUT2D eigenvalue weighted by atomic mass is 10.1. The molecule has 11 nitrogen and oxygen atoms in total. The minimum absolute atomic E-state index is 0.0495. The summed E-state index contributed by atoms with van der Waals surface area (Å²) >= 11 is 0. The van der Waals surface area contributed by atoms with E-state index in [9.17, 15) is 18.0 Å². The number of rotatable bonds is 9. The van der Waals surface area contributed by atoms with Crippen molar-refractivity contribution in [2.24, 2.45) is 13.0 Å². The van der Waals surface area contributed by atoms with Gasteiger partial charge in [0.1, 0.15) is 17.1 Å². The molecule has 0 bridgehead atoms. The third-order valence-electron chi connectivity index (χ3n) is 4.83. The average Bonchev–Trinajstić information content (AvgIpc) is 3.08. The Labute approximate surface area is 197 Å². The molecule has 0 unspecified atom stereocenters. The summed E-state index contributed by atoms with van der Waals surface area (Å²) in [7, 11) is -2.58. The van der Waals surface area contributed by atoms with E-state index in [0.29, 0.717) is 35.5 Å². The second-order valence-electron chi connectivity index (χ2n) is 8.12. The van der Waals surface area contributed by atoms with E-state index >= 15 is 0 Å². The zero-order chi connectivity index (χ0) is 25.0. The fraction of sp³-hybridized carbons (Fsp3) is 0.455. The Kier molecular flexibility index (Phi) is 7.60. The number of hydrogen-bond acceptors (Lipinski definition) is 8. The molecule has 0 saturated carbocycles. The highest BCUT2D eigenvalue weighted by atomic mass is 32.2. The van der Waals surface area contributed by atoms with Crippen LogP contribution in [-0.2, 0) is 28.2 Å². The second-order valence-corrected chi connectivity index (χ2v) is 9.80. The number of aryl methyl sites for hydroxylation is 2. The van der Waals surface area contributed by atoms with Crippen LogP contribution in [0.3, 0.4) is 0 Å². The Bertz CT molecular complexity index is 1360. The summed E-state index contributed by atoms with van der Waals surface area (Å²) in [6.45, 7) is 7.82. The normalized spacial score (nSPS) is 11.7. The van der Waals surface area contributed by atoms with Crippen molar-refractivity contribution in [2.75, 3.05) is 13.2 Å². The first-order valence-corrected chi connectivity index (χ1v) is 12.5. The maximum absolute atomic E-state index is 12.8. The zero-order valence-corrected chi connectivity index (χ0v) is 20.7. The van der Waals surface area contributed by atoms with Gasteiger partial charge in [0.15, 0.2) is 5.52 Å². The van der Waals surface area contributed by atoms with E-state index in [-0.39, 0.29) is 28.8 Å². The number of ether oxygens (including phenoxy) is 2. The summed E-state index contributed by atoms with van der Waals surface area (Å²) in [5.74, 6) is 0.506. The van der Waals surface area contributed by atoms with Crippen LogP contribution in [0.5, 0.6) is 5.75 Å². The summed E-state index contributed by atoms with van der Waals surface area (Å²) in [4.78, 5) is 31.9. The summed E-state index contributed by atoms with van der Waals surface area (Å²) in [5.41, 5.74) is 1.27. The topological polar surface area (TPSA) is 145 Å². The minimum Gasteiger partial charge on any atom is -0.493 e. The van der Waals surface area contributed by atoms with Gasteiger partial charge in [0, 0.05) is 7.05 Å². The molecule has 3 rings (SSSR count). The fourth-order valence-electron chi connectivity index (χ4n) is 3.36. The molecule has 0 fully saturated rings. The number of sulfonamides is 1. The van der Waals surface area contributed by atoms with Gasteiger partial charge in [-0.3, -0.25) is 9.48 Å². The van der Waals surface area contributed by atoms with Crippen molar-refractivity contribution in [3.63, 3.8) is 0 Å². The van der Waals surface area contributed by atoms with Crippen molar-refractivity contribution in [3.05, 3.63) is 34.2 Å². The number of hydrogen-bond donors (Lipinski definition) is 2. The number of amides is 1. The Balaban J connectivity index is 2.10. The first kappa shape index (κ1) is 25.2. The molecule has 34 heavy (non-hydrogen) atoms. The maximum atomic E-state index is 12.8. The SMILES string of the molecule is CCCc1nn(C)c2c(=O)[nH]c(-c3cc(S(=O)(=O)NC(=O)OCC(C)C)ccc3OCC)nc12. The van der Waals surface area contributed by atoms with Gasteiger partial charge in [-0.1, -0.05) is 27.2 Å². The lowest BCUT2D eigenvalue weighted by Gasteiger charge is -2.13. The number of aromatic amines is 1. The molecule has 12 heteroatoms. The quantitative estimate of drug-likeness (QED) is 0.465. The number of nitrogens with zero attached hydrogens (tertiary/aromatic N) is 3. The van der Waals surface area contributed by atoms with Crippen molar-refractivity contribution in [1.82, 2.24) is 24.5 Å². The van der Waals surface area contributed by atoms with Gasteiger partial charge in [-0.15, -0.1) is 0 Å². The molecule has 0 aliphatic carbocycles. The number of H-pyrrole nitrogens is 1. The van der Waals surface area contributed by atoms with Crippen molar-refractivity contribution in [1.29, 1.82) is 0 Å². The van der Waals surface area contributed by atoms with Crippen LogP contribution in [0.1, 0.15) is 39.8 Å². The van der Waals surface area contributed by atoms with Gasteiger partial charge >= 0.3 is 6.09 Å².